The van der Waals surface area contributed by atoms with Crippen molar-refractivity contribution in [1.29, 1.82) is 0 Å². The summed E-state index contributed by atoms with van der Waals surface area (Å²) in [5.74, 6) is 2.33. The van der Waals surface area contributed by atoms with Crippen molar-refractivity contribution in [3.05, 3.63) is 65.5 Å². The highest BCUT2D eigenvalue weighted by Crippen LogP contribution is 2.38. The van der Waals surface area contributed by atoms with Crippen LogP contribution >= 0.6 is 0 Å². The molecule has 0 unspecified atom stereocenters. The molecule has 2 aromatic heterocycles. The molecule has 2 heterocycles. The SMILES string of the molecule is CC[C@@H]1CCc2c(c(-c3ccc(OC)cc3)nc3c(-c4ccc(OC)cc4)c(COC)nn23)C1. The minimum atomic E-state index is 0.426. The van der Waals surface area contributed by atoms with E-state index in [1.807, 2.05) is 24.3 Å². The van der Waals surface area contributed by atoms with Crippen molar-refractivity contribution in [2.24, 2.45) is 5.92 Å². The van der Waals surface area contributed by atoms with Gasteiger partial charge in [0.15, 0.2) is 5.65 Å². The van der Waals surface area contributed by atoms with Gasteiger partial charge in [-0.2, -0.15) is 5.10 Å². The molecule has 0 spiro atoms. The first kappa shape index (κ1) is 22.4. The summed E-state index contributed by atoms with van der Waals surface area (Å²) in [5.41, 5.74) is 8.55. The Morgan fingerprint density at radius 1 is 0.912 bits per heavy atom. The lowest BCUT2D eigenvalue weighted by molar-refractivity contribution is 0.181. The van der Waals surface area contributed by atoms with Gasteiger partial charge in [-0.1, -0.05) is 25.5 Å². The Hall–Kier alpha value is -3.38. The second-order valence-electron chi connectivity index (χ2n) is 8.85. The lowest BCUT2D eigenvalue weighted by Crippen LogP contribution is -2.19. The van der Waals surface area contributed by atoms with Gasteiger partial charge in [-0.15, -0.1) is 0 Å². The molecule has 1 aliphatic rings. The smallest absolute Gasteiger partial charge is 0.164 e. The zero-order chi connectivity index (χ0) is 23.7. The van der Waals surface area contributed by atoms with Crippen LogP contribution in [0.25, 0.3) is 28.0 Å². The van der Waals surface area contributed by atoms with E-state index in [1.54, 1.807) is 21.3 Å². The van der Waals surface area contributed by atoms with Crippen LogP contribution in [0.4, 0.5) is 0 Å². The number of aromatic nitrogens is 3. The van der Waals surface area contributed by atoms with Gasteiger partial charge in [-0.25, -0.2) is 9.50 Å². The van der Waals surface area contributed by atoms with Crippen LogP contribution in [0.15, 0.2) is 48.5 Å². The van der Waals surface area contributed by atoms with Crippen molar-refractivity contribution in [3.8, 4) is 33.9 Å². The Kier molecular flexibility index (Phi) is 6.24. The Balaban J connectivity index is 1.77. The van der Waals surface area contributed by atoms with E-state index in [4.69, 9.17) is 24.3 Å². The van der Waals surface area contributed by atoms with Gasteiger partial charge in [0.05, 0.1) is 37.8 Å². The largest absolute Gasteiger partial charge is 0.497 e. The monoisotopic (exact) mass is 457 g/mol. The van der Waals surface area contributed by atoms with Gasteiger partial charge in [0.2, 0.25) is 0 Å². The fourth-order valence-electron chi connectivity index (χ4n) is 5.01. The molecule has 176 valence electrons. The first-order chi connectivity index (χ1) is 16.7. The Labute approximate surface area is 200 Å². The third-order valence-corrected chi connectivity index (χ3v) is 6.92. The molecule has 6 heteroatoms. The number of aryl methyl sites for hydroxylation is 1. The van der Waals surface area contributed by atoms with Gasteiger partial charge in [0.25, 0.3) is 0 Å². The molecule has 0 radical (unpaired) electrons. The van der Waals surface area contributed by atoms with Gasteiger partial charge in [0, 0.05) is 23.9 Å². The number of methoxy groups -OCH3 is 3. The van der Waals surface area contributed by atoms with Crippen LogP contribution in [0, 0.1) is 5.92 Å². The first-order valence-electron chi connectivity index (χ1n) is 11.9. The molecule has 1 atom stereocenters. The predicted molar refractivity (Wildman–Crippen MR) is 133 cm³/mol. The second kappa shape index (κ2) is 9.47. The maximum atomic E-state index is 5.54. The maximum Gasteiger partial charge on any atom is 0.164 e. The van der Waals surface area contributed by atoms with E-state index < -0.39 is 0 Å². The average Bonchev–Trinajstić information content (AvgIpc) is 3.26. The number of rotatable bonds is 7. The molecule has 0 fully saturated rings. The summed E-state index contributed by atoms with van der Waals surface area (Å²) in [6, 6.07) is 16.3. The van der Waals surface area contributed by atoms with E-state index in [0.29, 0.717) is 12.5 Å². The first-order valence-corrected chi connectivity index (χ1v) is 11.9. The van der Waals surface area contributed by atoms with Crippen LogP contribution in [0.1, 0.15) is 36.7 Å². The van der Waals surface area contributed by atoms with Crippen molar-refractivity contribution >= 4 is 5.65 Å². The molecule has 0 aliphatic heterocycles. The van der Waals surface area contributed by atoms with Gasteiger partial charge in [0.1, 0.15) is 11.5 Å². The average molecular weight is 458 g/mol. The molecular formula is C28H31N3O3. The zero-order valence-electron chi connectivity index (χ0n) is 20.3. The summed E-state index contributed by atoms with van der Waals surface area (Å²) in [6.07, 6.45) is 4.35. The molecule has 6 nitrogen and oxygen atoms in total. The quantitative estimate of drug-likeness (QED) is 0.354. The third kappa shape index (κ3) is 3.92. The summed E-state index contributed by atoms with van der Waals surface area (Å²) >= 11 is 0. The lowest BCUT2D eigenvalue weighted by atomic mass is 9.83. The van der Waals surface area contributed by atoms with E-state index in [1.165, 1.54) is 24.1 Å². The normalized spacial score (nSPS) is 15.4. The minimum Gasteiger partial charge on any atom is -0.497 e. The summed E-state index contributed by atoms with van der Waals surface area (Å²) in [4.78, 5) is 5.28. The van der Waals surface area contributed by atoms with Crippen LogP contribution in [0.3, 0.4) is 0 Å². The second-order valence-corrected chi connectivity index (χ2v) is 8.85. The zero-order valence-corrected chi connectivity index (χ0v) is 20.3. The molecule has 0 amide bonds. The Bertz CT molecular complexity index is 1290. The van der Waals surface area contributed by atoms with Crippen LogP contribution in [0.5, 0.6) is 11.5 Å². The highest BCUT2D eigenvalue weighted by molar-refractivity contribution is 5.82. The molecule has 1 aliphatic carbocycles. The number of hydrogen-bond acceptors (Lipinski definition) is 5. The van der Waals surface area contributed by atoms with Crippen LogP contribution in [-0.4, -0.2) is 35.9 Å². The number of nitrogens with zero attached hydrogens (tertiary/aromatic N) is 3. The van der Waals surface area contributed by atoms with E-state index in [9.17, 15) is 0 Å². The highest BCUT2D eigenvalue weighted by Gasteiger charge is 2.28. The van der Waals surface area contributed by atoms with Crippen molar-refractivity contribution in [1.82, 2.24) is 14.6 Å². The minimum absolute atomic E-state index is 0.426. The van der Waals surface area contributed by atoms with Gasteiger partial charge >= 0.3 is 0 Å². The fraction of sp³-hybridized carbons (Fsp3) is 0.357. The van der Waals surface area contributed by atoms with Gasteiger partial charge < -0.3 is 14.2 Å². The molecule has 4 aromatic rings. The van der Waals surface area contributed by atoms with Crippen LogP contribution in [-0.2, 0) is 24.2 Å². The number of fused-ring (bicyclic) bond motifs is 3. The Morgan fingerprint density at radius 2 is 1.56 bits per heavy atom. The van der Waals surface area contributed by atoms with Crippen molar-refractivity contribution in [2.75, 3.05) is 21.3 Å². The number of benzene rings is 2. The highest BCUT2D eigenvalue weighted by atomic mass is 16.5. The standard InChI is InChI=1S/C28H31N3O3/c1-5-18-6-15-25-23(16-18)27(20-9-13-22(34-4)14-10-20)29-28-26(24(17-32-2)30-31(25)28)19-7-11-21(33-3)12-8-19/h7-14,18H,5-6,15-17H2,1-4H3/t18-/m1/s1. The molecule has 0 N–H and O–H groups in total. The van der Waals surface area contributed by atoms with E-state index in [-0.39, 0.29) is 0 Å². The molecule has 5 rings (SSSR count). The topological polar surface area (TPSA) is 57.9 Å². The summed E-state index contributed by atoms with van der Waals surface area (Å²) in [7, 11) is 5.08. The molecule has 0 saturated heterocycles. The molecule has 0 bridgehead atoms. The van der Waals surface area contributed by atoms with Crippen molar-refractivity contribution in [3.63, 3.8) is 0 Å². The van der Waals surface area contributed by atoms with Crippen molar-refractivity contribution < 1.29 is 14.2 Å². The van der Waals surface area contributed by atoms with Crippen molar-refractivity contribution in [2.45, 2.75) is 39.2 Å². The fourth-order valence-corrected chi connectivity index (χ4v) is 5.01. The van der Waals surface area contributed by atoms with Gasteiger partial charge in [-0.3, -0.25) is 0 Å². The molecular weight excluding hydrogens is 426 g/mol. The van der Waals surface area contributed by atoms with Crippen LogP contribution in [0.2, 0.25) is 0 Å². The van der Waals surface area contributed by atoms with Crippen LogP contribution < -0.4 is 9.47 Å². The summed E-state index contributed by atoms with van der Waals surface area (Å²) in [6.45, 7) is 2.70. The molecule has 0 saturated carbocycles. The molecule has 34 heavy (non-hydrogen) atoms. The summed E-state index contributed by atoms with van der Waals surface area (Å²) in [5, 5.41) is 5.03. The van der Waals surface area contributed by atoms with Gasteiger partial charge in [-0.05, 0) is 67.1 Å². The van der Waals surface area contributed by atoms with E-state index >= 15 is 0 Å². The number of ether oxygens (including phenoxy) is 3. The Morgan fingerprint density at radius 3 is 2.15 bits per heavy atom. The number of hydrogen-bond donors (Lipinski definition) is 0. The van der Waals surface area contributed by atoms with E-state index in [0.717, 1.165) is 58.1 Å². The lowest BCUT2D eigenvalue weighted by Gasteiger charge is -2.26. The van der Waals surface area contributed by atoms with E-state index in [2.05, 4.69) is 35.7 Å². The third-order valence-electron chi connectivity index (χ3n) is 6.92. The summed E-state index contributed by atoms with van der Waals surface area (Å²) < 4.78 is 18.4. The maximum absolute atomic E-state index is 5.54. The molecule has 2 aromatic carbocycles. The predicted octanol–water partition coefficient (Wildman–Crippen LogP) is 5.74.